The lowest BCUT2D eigenvalue weighted by Gasteiger charge is -2.24. The van der Waals surface area contributed by atoms with Crippen molar-refractivity contribution >= 4 is 22.6 Å². The first-order valence-electron chi connectivity index (χ1n) is 6.59. The van der Waals surface area contributed by atoms with Crippen molar-refractivity contribution < 1.29 is 14.6 Å². The van der Waals surface area contributed by atoms with Crippen LogP contribution in [0.4, 0.5) is 5.69 Å². The Kier molecular flexibility index (Phi) is 3.47. The zero-order chi connectivity index (χ0) is 13.9. The van der Waals surface area contributed by atoms with Crippen LogP contribution < -0.4 is 4.90 Å². The first kappa shape index (κ1) is 12.8. The fourth-order valence-corrected chi connectivity index (χ4v) is 2.47. The number of nitrogens with zero attached hydrogens (tertiary/aromatic N) is 3. The minimum Gasteiger partial charge on any atom is -0.476 e. The standard InChI is InChI=1S/C14H15N3O3/c18-14(19)12-13(17-6-3-8-20-9-7-17)10-4-1-2-5-11(10)15-16-12/h1-2,4-5H,3,6-9H2,(H,18,19). The lowest BCUT2D eigenvalue weighted by atomic mass is 10.1. The Hall–Kier alpha value is -2.21. The van der Waals surface area contributed by atoms with Crippen LogP contribution in [0.25, 0.3) is 10.9 Å². The van der Waals surface area contributed by atoms with Crippen LogP contribution in [-0.2, 0) is 4.74 Å². The normalized spacial score (nSPS) is 16.1. The van der Waals surface area contributed by atoms with Crippen LogP contribution in [0.1, 0.15) is 16.9 Å². The Labute approximate surface area is 116 Å². The number of fused-ring (bicyclic) bond motifs is 1. The summed E-state index contributed by atoms with van der Waals surface area (Å²) in [5.74, 6) is -1.05. The maximum atomic E-state index is 11.4. The molecular formula is C14H15N3O3. The Bertz CT molecular complexity index is 637. The number of carboxylic acid groups (broad SMARTS) is 1. The molecule has 6 nitrogen and oxygen atoms in total. The molecule has 2 aromatic rings. The van der Waals surface area contributed by atoms with Gasteiger partial charge in [0.1, 0.15) is 0 Å². The maximum absolute atomic E-state index is 11.4. The summed E-state index contributed by atoms with van der Waals surface area (Å²) in [6.45, 7) is 2.72. The van der Waals surface area contributed by atoms with Gasteiger partial charge in [-0.25, -0.2) is 4.79 Å². The summed E-state index contributed by atoms with van der Waals surface area (Å²) >= 11 is 0. The zero-order valence-corrected chi connectivity index (χ0v) is 11.0. The van der Waals surface area contributed by atoms with Crippen molar-refractivity contribution in [3.05, 3.63) is 30.0 Å². The van der Waals surface area contributed by atoms with Gasteiger partial charge in [-0.2, -0.15) is 0 Å². The Morgan fingerprint density at radius 2 is 2.05 bits per heavy atom. The summed E-state index contributed by atoms with van der Waals surface area (Å²) in [4.78, 5) is 13.5. The SMILES string of the molecule is O=C(O)c1nnc2ccccc2c1N1CCCOCC1. The molecule has 104 valence electrons. The molecule has 6 heteroatoms. The molecule has 1 aromatic carbocycles. The van der Waals surface area contributed by atoms with Crippen molar-refractivity contribution in [1.29, 1.82) is 0 Å². The predicted molar refractivity (Wildman–Crippen MR) is 74.1 cm³/mol. The molecule has 0 bridgehead atoms. The van der Waals surface area contributed by atoms with Gasteiger partial charge in [-0.15, -0.1) is 10.2 Å². The Balaban J connectivity index is 2.18. The average molecular weight is 273 g/mol. The number of carboxylic acids is 1. The second-order valence-corrected chi connectivity index (χ2v) is 4.67. The maximum Gasteiger partial charge on any atom is 0.358 e. The highest BCUT2D eigenvalue weighted by Gasteiger charge is 2.22. The highest BCUT2D eigenvalue weighted by molar-refractivity contribution is 6.02. The minimum absolute atomic E-state index is 0.00519. The summed E-state index contributed by atoms with van der Waals surface area (Å²) in [7, 11) is 0. The van der Waals surface area contributed by atoms with Gasteiger partial charge in [0, 0.05) is 25.1 Å². The van der Waals surface area contributed by atoms with Crippen LogP contribution in [0, 0.1) is 0 Å². The molecule has 0 saturated carbocycles. The monoisotopic (exact) mass is 273 g/mol. The van der Waals surface area contributed by atoms with E-state index in [1.165, 1.54) is 0 Å². The van der Waals surface area contributed by atoms with Gasteiger partial charge in [-0.05, 0) is 12.5 Å². The molecule has 0 amide bonds. The molecule has 0 spiro atoms. The van der Waals surface area contributed by atoms with E-state index in [4.69, 9.17) is 4.74 Å². The predicted octanol–water partition coefficient (Wildman–Crippen LogP) is 1.55. The number of hydrogen-bond acceptors (Lipinski definition) is 5. The van der Waals surface area contributed by atoms with Gasteiger partial charge in [-0.1, -0.05) is 18.2 Å². The second-order valence-electron chi connectivity index (χ2n) is 4.67. The molecule has 3 rings (SSSR count). The molecule has 20 heavy (non-hydrogen) atoms. The number of rotatable bonds is 2. The number of anilines is 1. The van der Waals surface area contributed by atoms with Gasteiger partial charge in [0.15, 0.2) is 5.69 Å². The third kappa shape index (κ3) is 2.30. The number of carbonyl (C=O) groups is 1. The van der Waals surface area contributed by atoms with Crippen LogP contribution in [0.5, 0.6) is 0 Å². The summed E-state index contributed by atoms with van der Waals surface area (Å²) in [6, 6.07) is 7.48. The van der Waals surface area contributed by atoms with Crippen LogP contribution in [0.15, 0.2) is 24.3 Å². The summed E-state index contributed by atoms with van der Waals surface area (Å²) in [6.07, 6.45) is 0.871. The lowest BCUT2D eigenvalue weighted by molar-refractivity contribution is 0.0690. The summed E-state index contributed by atoms with van der Waals surface area (Å²) in [5, 5.41) is 18.1. The van der Waals surface area contributed by atoms with Crippen LogP contribution >= 0.6 is 0 Å². The third-order valence-electron chi connectivity index (χ3n) is 3.38. The summed E-state index contributed by atoms with van der Waals surface area (Å²) < 4.78 is 5.43. The minimum atomic E-state index is -1.05. The molecule has 1 fully saturated rings. The molecule has 0 aliphatic carbocycles. The van der Waals surface area contributed by atoms with Crippen molar-refractivity contribution in [2.45, 2.75) is 6.42 Å². The van der Waals surface area contributed by atoms with Gasteiger partial charge < -0.3 is 14.7 Å². The fourth-order valence-electron chi connectivity index (χ4n) is 2.47. The van der Waals surface area contributed by atoms with Gasteiger partial charge >= 0.3 is 5.97 Å². The van der Waals surface area contributed by atoms with E-state index >= 15 is 0 Å². The smallest absolute Gasteiger partial charge is 0.358 e. The van der Waals surface area contributed by atoms with Crippen LogP contribution in [0.2, 0.25) is 0 Å². The van der Waals surface area contributed by atoms with Crippen molar-refractivity contribution in [2.75, 3.05) is 31.2 Å². The molecule has 0 unspecified atom stereocenters. The van der Waals surface area contributed by atoms with Crippen LogP contribution in [0.3, 0.4) is 0 Å². The molecule has 1 saturated heterocycles. The van der Waals surface area contributed by atoms with Crippen LogP contribution in [-0.4, -0.2) is 47.6 Å². The largest absolute Gasteiger partial charge is 0.476 e. The number of ether oxygens (including phenoxy) is 1. The van der Waals surface area contributed by atoms with E-state index in [1.807, 2.05) is 29.2 Å². The van der Waals surface area contributed by atoms with Gasteiger partial charge in [0.05, 0.1) is 17.8 Å². The molecule has 1 aliphatic heterocycles. The van der Waals surface area contributed by atoms with E-state index in [1.54, 1.807) is 0 Å². The van der Waals surface area contributed by atoms with E-state index in [0.717, 1.165) is 18.4 Å². The molecule has 0 atom stereocenters. The molecule has 1 aliphatic rings. The van der Waals surface area contributed by atoms with E-state index < -0.39 is 5.97 Å². The molecule has 1 aromatic heterocycles. The van der Waals surface area contributed by atoms with E-state index in [2.05, 4.69) is 10.2 Å². The first-order chi connectivity index (χ1) is 9.77. The Morgan fingerprint density at radius 1 is 1.20 bits per heavy atom. The van der Waals surface area contributed by atoms with Gasteiger partial charge in [0.2, 0.25) is 0 Å². The molecular weight excluding hydrogens is 258 g/mol. The summed E-state index contributed by atoms with van der Waals surface area (Å²) in [5.41, 5.74) is 1.36. The number of hydrogen-bond donors (Lipinski definition) is 1. The van der Waals surface area contributed by atoms with Gasteiger partial charge in [-0.3, -0.25) is 0 Å². The van der Waals surface area contributed by atoms with Crippen molar-refractivity contribution in [3.8, 4) is 0 Å². The van der Waals surface area contributed by atoms with Crippen molar-refractivity contribution in [3.63, 3.8) is 0 Å². The van der Waals surface area contributed by atoms with Crippen molar-refractivity contribution in [1.82, 2.24) is 10.2 Å². The zero-order valence-electron chi connectivity index (χ0n) is 11.0. The third-order valence-corrected chi connectivity index (χ3v) is 3.38. The number of aromatic carboxylic acids is 1. The molecule has 0 radical (unpaired) electrons. The van der Waals surface area contributed by atoms with E-state index in [0.29, 0.717) is 31.0 Å². The van der Waals surface area contributed by atoms with Gasteiger partial charge in [0.25, 0.3) is 0 Å². The average Bonchev–Trinajstić information content (AvgIpc) is 2.74. The lowest BCUT2D eigenvalue weighted by Crippen LogP contribution is -2.28. The van der Waals surface area contributed by atoms with E-state index in [9.17, 15) is 9.90 Å². The number of benzene rings is 1. The fraction of sp³-hybridized carbons (Fsp3) is 0.357. The quantitative estimate of drug-likeness (QED) is 0.894. The first-order valence-corrected chi connectivity index (χ1v) is 6.59. The highest BCUT2D eigenvalue weighted by Crippen LogP contribution is 2.28. The Morgan fingerprint density at radius 3 is 2.90 bits per heavy atom. The molecule has 2 heterocycles. The molecule has 1 N–H and O–H groups in total. The number of aromatic nitrogens is 2. The topological polar surface area (TPSA) is 75.5 Å². The van der Waals surface area contributed by atoms with Crippen molar-refractivity contribution in [2.24, 2.45) is 0 Å². The second kappa shape index (κ2) is 5.42. The van der Waals surface area contributed by atoms with E-state index in [-0.39, 0.29) is 5.69 Å². The highest BCUT2D eigenvalue weighted by atomic mass is 16.5.